The van der Waals surface area contributed by atoms with Crippen LogP contribution in [0, 0.1) is 0 Å². The Labute approximate surface area is 111 Å². The molecular weight excluding hydrogens is 248 g/mol. The maximum Gasteiger partial charge on any atom is 0.234 e. The van der Waals surface area contributed by atoms with Crippen LogP contribution < -0.4 is 4.74 Å². The van der Waals surface area contributed by atoms with E-state index in [2.05, 4.69) is 28.4 Å². The number of aryl methyl sites for hydroxylation is 1. The zero-order valence-corrected chi connectivity index (χ0v) is 10.6. The maximum atomic E-state index is 5.90. The van der Waals surface area contributed by atoms with Crippen molar-refractivity contribution in [2.75, 3.05) is 0 Å². The smallest absolute Gasteiger partial charge is 0.234 e. The molecule has 2 aromatic rings. The van der Waals surface area contributed by atoms with Crippen molar-refractivity contribution in [3.63, 3.8) is 0 Å². The summed E-state index contributed by atoms with van der Waals surface area (Å²) in [5.74, 6) is 0.529. The Kier molecular flexibility index (Phi) is 3.15. The van der Waals surface area contributed by atoms with Crippen LogP contribution in [0.1, 0.15) is 30.1 Å². The Morgan fingerprint density at radius 2 is 2.00 bits per heavy atom. The summed E-state index contributed by atoms with van der Waals surface area (Å²) in [6.45, 7) is 0. The number of ether oxygens (including phenoxy) is 1. The molecule has 0 aliphatic heterocycles. The molecular formula is C14H13ClN2O. The highest BCUT2D eigenvalue weighted by Gasteiger charge is 2.21. The Morgan fingerprint density at radius 3 is 2.83 bits per heavy atom. The standard InChI is InChI=1S/C14H13ClN2O/c15-13-8-9-14(17-16-13)18-12-7-3-5-10-4-1-2-6-11(10)12/h1-2,4,6,8-9,12H,3,5,7H2. The molecule has 1 unspecified atom stereocenters. The van der Waals surface area contributed by atoms with E-state index in [1.54, 1.807) is 12.1 Å². The van der Waals surface area contributed by atoms with Crippen LogP contribution in [0.25, 0.3) is 0 Å². The molecule has 0 fully saturated rings. The topological polar surface area (TPSA) is 35.0 Å². The van der Waals surface area contributed by atoms with E-state index in [4.69, 9.17) is 16.3 Å². The molecule has 1 aromatic heterocycles. The molecule has 3 rings (SSSR count). The quantitative estimate of drug-likeness (QED) is 0.828. The van der Waals surface area contributed by atoms with Gasteiger partial charge in [0.1, 0.15) is 6.10 Å². The van der Waals surface area contributed by atoms with E-state index in [1.807, 2.05) is 6.07 Å². The van der Waals surface area contributed by atoms with E-state index in [0.29, 0.717) is 11.0 Å². The first-order valence-electron chi connectivity index (χ1n) is 6.06. The second-order valence-electron chi connectivity index (χ2n) is 4.39. The molecule has 0 N–H and O–H groups in total. The van der Waals surface area contributed by atoms with Gasteiger partial charge in [-0.2, -0.15) is 0 Å². The second-order valence-corrected chi connectivity index (χ2v) is 4.78. The first-order chi connectivity index (χ1) is 8.83. The highest BCUT2D eigenvalue weighted by Crippen LogP contribution is 2.32. The van der Waals surface area contributed by atoms with Crippen LogP contribution in [0.15, 0.2) is 36.4 Å². The number of halogens is 1. The van der Waals surface area contributed by atoms with Crippen molar-refractivity contribution in [3.8, 4) is 5.88 Å². The minimum absolute atomic E-state index is 0.0745. The summed E-state index contributed by atoms with van der Waals surface area (Å²) in [5, 5.41) is 8.11. The molecule has 1 aliphatic rings. The predicted octanol–water partition coefficient (Wildman–Crippen LogP) is 3.59. The summed E-state index contributed by atoms with van der Waals surface area (Å²) >= 11 is 5.71. The Balaban J connectivity index is 1.84. The summed E-state index contributed by atoms with van der Waals surface area (Å²) < 4.78 is 5.90. The minimum atomic E-state index is 0.0745. The van der Waals surface area contributed by atoms with Crippen molar-refractivity contribution in [2.45, 2.75) is 25.4 Å². The van der Waals surface area contributed by atoms with Gasteiger partial charge in [-0.1, -0.05) is 35.9 Å². The zero-order chi connectivity index (χ0) is 12.4. The van der Waals surface area contributed by atoms with E-state index < -0.39 is 0 Å². The summed E-state index contributed by atoms with van der Waals surface area (Å²) in [5.41, 5.74) is 2.64. The van der Waals surface area contributed by atoms with Crippen molar-refractivity contribution in [2.24, 2.45) is 0 Å². The molecule has 1 atom stereocenters. The number of benzene rings is 1. The summed E-state index contributed by atoms with van der Waals surface area (Å²) in [4.78, 5) is 0. The molecule has 0 spiro atoms. The van der Waals surface area contributed by atoms with Gasteiger partial charge in [0.2, 0.25) is 5.88 Å². The Hall–Kier alpha value is -1.61. The van der Waals surface area contributed by atoms with Gasteiger partial charge in [-0.3, -0.25) is 0 Å². The molecule has 4 heteroatoms. The average molecular weight is 261 g/mol. The van der Waals surface area contributed by atoms with Gasteiger partial charge in [0.25, 0.3) is 0 Å². The van der Waals surface area contributed by atoms with E-state index in [1.165, 1.54) is 11.1 Å². The molecule has 92 valence electrons. The van der Waals surface area contributed by atoms with Gasteiger partial charge in [0.15, 0.2) is 5.15 Å². The summed E-state index contributed by atoms with van der Waals surface area (Å²) in [7, 11) is 0. The van der Waals surface area contributed by atoms with Crippen LogP contribution in [-0.4, -0.2) is 10.2 Å². The van der Waals surface area contributed by atoms with Gasteiger partial charge in [0, 0.05) is 6.07 Å². The van der Waals surface area contributed by atoms with Crippen LogP contribution in [0.2, 0.25) is 5.15 Å². The second kappa shape index (κ2) is 4.94. The van der Waals surface area contributed by atoms with Gasteiger partial charge >= 0.3 is 0 Å². The Bertz CT molecular complexity index is 542. The number of rotatable bonds is 2. The number of nitrogens with zero attached hydrogens (tertiary/aromatic N) is 2. The Morgan fingerprint density at radius 1 is 1.11 bits per heavy atom. The lowest BCUT2D eigenvalue weighted by atomic mass is 9.89. The number of fused-ring (bicyclic) bond motifs is 1. The van der Waals surface area contributed by atoms with Gasteiger partial charge in [0.05, 0.1) is 0 Å². The van der Waals surface area contributed by atoms with E-state index in [-0.39, 0.29) is 6.10 Å². The zero-order valence-electron chi connectivity index (χ0n) is 9.84. The highest BCUT2D eigenvalue weighted by atomic mass is 35.5. The third-order valence-corrected chi connectivity index (χ3v) is 3.39. The first-order valence-corrected chi connectivity index (χ1v) is 6.44. The van der Waals surface area contributed by atoms with Gasteiger partial charge in [-0.05, 0) is 36.5 Å². The highest BCUT2D eigenvalue weighted by molar-refractivity contribution is 6.29. The lowest BCUT2D eigenvalue weighted by molar-refractivity contribution is 0.174. The van der Waals surface area contributed by atoms with Crippen LogP contribution in [0.5, 0.6) is 5.88 Å². The first kappa shape index (κ1) is 11.5. The third kappa shape index (κ3) is 2.31. The predicted molar refractivity (Wildman–Crippen MR) is 69.8 cm³/mol. The van der Waals surface area contributed by atoms with E-state index in [9.17, 15) is 0 Å². The number of hydrogen-bond acceptors (Lipinski definition) is 3. The number of aromatic nitrogens is 2. The van der Waals surface area contributed by atoms with Crippen LogP contribution >= 0.6 is 11.6 Å². The lowest BCUT2D eigenvalue weighted by Crippen LogP contribution is -2.15. The molecule has 3 nitrogen and oxygen atoms in total. The molecule has 1 aliphatic carbocycles. The van der Waals surface area contributed by atoms with Gasteiger partial charge in [-0.25, -0.2) is 0 Å². The number of hydrogen-bond donors (Lipinski definition) is 0. The van der Waals surface area contributed by atoms with Gasteiger partial charge in [-0.15, -0.1) is 10.2 Å². The summed E-state index contributed by atoms with van der Waals surface area (Å²) in [6.07, 6.45) is 3.36. The minimum Gasteiger partial charge on any atom is -0.468 e. The SMILES string of the molecule is Clc1ccc(OC2CCCc3ccccc32)nn1. The fraction of sp³-hybridized carbons (Fsp3) is 0.286. The third-order valence-electron chi connectivity index (χ3n) is 3.18. The van der Waals surface area contributed by atoms with E-state index in [0.717, 1.165) is 19.3 Å². The monoisotopic (exact) mass is 260 g/mol. The van der Waals surface area contributed by atoms with Gasteiger partial charge < -0.3 is 4.74 Å². The van der Waals surface area contributed by atoms with Crippen molar-refractivity contribution in [1.29, 1.82) is 0 Å². The normalized spacial score (nSPS) is 18.2. The van der Waals surface area contributed by atoms with E-state index >= 15 is 0 Å². The molecule has 0 amide bonds. The molecule has 0 saturated heterocycles. The largest absolute Gasteiger partial charge is 0.468 e. The molecule has 0 bridgehead atoms. The lowest BCUT2D eigenvalue weighted by Gasteiger charge is -2.25. The summed E-state index contributed by atoms with van der Waals surface area (Å²) in [6, 6.07) is 11.9. The van der Waals surface area contributed by atoms with Crippen molar-refractivity contribution >= 4 is 11.6 Å². The van der Waals surface area contributed by atoms with Crippen molar-refractivity contribution in [1.82, 2.24) is 10.2 Å². The average Bonchev–Trinajstić information content (AvgIpc) is 2.42. The maximum absolute atomic E-state index is 5.90. The van der Waals surface area contributed by atoms with Crippen LogP contribution in [-0.2, 0) is 6.42 Å². The van der Waals surface area contributed by atoms with Crippen LogP contribution in [0.3, 0.4) is 0 Å². The molecule has 1 aromatic carbocycles. The molecule has 0 saturated carbocycles. The van der Waals surface area contributed by atoms with Crippen molar-refractivity contribution < 1.29 is 4.74 Å². The van der Waals surface area contributed by atoms with Crippen LogP contribution in [0.4, 0.5) is 0 Å². The fourth-order valence-corrected chi connectivity index (χ4v) is 2.44. The fourth-order valence-electron chi connectivity index (χ4n) is 2.34. The molecule has 18 heavy (non-hydrogen) atoms. The van der Waals surface area contributed by atoms with Crippen molar-refractivity contribution in [3.05, 3.63) is 52.7 Å². The molecule has 1 heterocycles. The molecule has 0 radical (unpaired) electrons.